The zero-order valence-electron chi connectivity index (χ0n) is 20.1. The second-order valence-corrected chi connectivity index (χ2v) is 7.80. The minimum absolute atomic E-state index is 0.0155. The molecule has 1 aromatic carbocycles. The van der Waals surface area contributed by atoms with Crippen LogP contribution in [0.25, 0.3) is 0 Å². The summed E-state index contributed by atoms with van der Waals surface area (Å²) in [6.07, 6.45) is -6.43. The molecule has 0 spiro atoms. The molecule has 37 heavy (non-hydrogen) atoms. The van der Waals surface area contributed by atoms with Crippen molar-refractivity contribution in [1.29, 1.82) is 0 Å². The molecule has 0 fully saturated rings. The van der Waals surface area contributed by atoms with E-state index in [9.17, 15) is 39.9 Å². The van der Waals surface area contributed by atoms with Crippen molar-refractivity contribution in [2.75, 3.05) is 0 Å². The number of nitrogens with two attached hydrogens (primary N) is 1. The molecular formula is C25H25F8N3O. The Kier molecular flexibility index (Phi) is 10.6. The molecule has 1 amide bonds. The summed E-state index contributed by atoms with van der Waals surface area (Å²) in [6.45, 7) is 10.7. The van der Waals surface area contributed by atoms with Crippen LogP contribution < -0.4 is 5.73 Å². The zero-order chi connectivity index (χ0) is 28.7. The van der Waals surface area contributed by atoms with Gasteiger partial charge >= 0.3 is 12.4 Å². The highest BCUT2D eigenvalue weighted by Gasteiger charge is 2.37. The highest BCUT2D eigenvalue weighted by Crippen LogP contribution is 2.37. The van der Waals surface area contributed by atoms with E-state index >= 15 is 0 Å². The monoisotopic (exact) mass is 535 g/mol. The molecular weight excluding hydrogens is 510 g/mol. The van der Waals surface area contributed by atoms with Crippen molar-refractivity contribution >= 4 is 11.6 Å². The second-order valence-electron chi connectivity index (χ2n) is 7.80. The van der Waals surface area contributed by atoms with Crippen LogP contribution in [0.2, 0.25) is 0 Å². The lowest BCUT2D eigenvalue weighted by Crippen LogP contribution is -2.21. The topological polar surface area (TPSA) is 58.7 Å². The first kappa shape index (κ1) is 31.3. The number of halogens is 8. The molecule has 0 aliphatic rings. The molecule has 1 atom stereocenters. The van der Waals surface area contributed by atoms with Gasteiger partial charge in [-0.25, -0.2) is 13.8 Å². The van der Waals surface area contributed by atoms with Crippen molar-refractivity contribution in [3.05, 3.63) is 95.4 Å². The summed E-state index contributed by atoms with van der Waals surface area (Å²) in [5.41, 5.74) is 0.423. The molecule has 4 nitrogen and oxygen atoms in total. The third-order valence-corrected chi connectivity index (χ3v) is 4.96. The summed E-state index contributed by atoms with van der Waals surface area (Å²) in [7, 11) is 0. The van der Waals surface area contributed by atoms with Gasteiger partial charge in [0.25, 0.3) is 5.91 Å². The van der Waals surface area contributed by atoms with Gasteiger partial charge in [0.2, 0.25) is 0 Å². The molecule has 0 aromatic heterocycles. The maximum atomic E-state index is 14.0. The largest absolute Gasteiger partial charge is 0.416 e. The standard InChI is InChI=1S/C25H25F8N3O/c1-6-14(3)22(17-10-18(24(28,29)30)12-19(11-17)25(31,32)33)35-36(7-2)13-21(23(34)37)20(16(5)27)9-8-15(4)26/h7-14H,2,5-6H2,1,3-4H3,(H2,34,37). The fraction of sp³-hybridized carbons (Fsp3) is 0.280. The Balaban J connectivity index is 3.93. The predicted molar refractivity (Wildman–Crippen MR) is 125 cm³/mol. The van der Waals surface area contributed by atoms with E-state index < -0.39 is 63.7 Å². The van der Waals surface area contributed by atoms with Crippen LogP contribution in [0.1, 0.15) is 43.9 Å². The third-order valence-electron chi connectivity index (χ3n) is 4.96. The van der Waals surface area contributed by atoms with Gasteiger partial charge in [-0.1, -0.05) is 27.0 Å². The van der Waals surface area contributed by atoms with Gasteiger partial charge in [0.15, 0.2) is 0 Å². The molecule has 0 radical (unpaired) electrons. The van der Waals surface area contributed by atoms with Crippen LogP contribution in [0.4, 0.5) is 35.1 Å². The number of allylic oxidation sites excluding steroid dienone is 4. The van der Waals surface area contributed by atoms with Crippen LogP contribution in [0, 0.1) is 5.92 Å². The second kappa shape index (κ2) is 12.5. The fourth-order valence-electron chi connectivity index (χ4n) is 2.91. The van der Waals surface area contributed by atoms with Crippen molar-refractivity contribution in [2.24, 2.45) is 16.8 Å². The van der Waals surface area contributed by atoms with Crippen molar-refractivity contribution < 1.29 is 39.9 Å². The van der Waals surface area contributed by atoms with Crippen LogP contribution in [-0.4, -0.2) is 16.6 Å². The van der Waals surface area contributed by atoms with Crippen LogP contribution >= 0.6 is 0 Å². The first-order chi connectivity index (χ1) is 16.9. The summed E-state index contributed by atoms with van der Waals surface area (Å²) in [4.78, 5) is 12.0. The van der Waals surface area contributed by atoms with Crippen molar-refractivity contribution in [3.63, 3.8) is 0 Å². The minimum Gasteiger partial charge on any atom is -0.366 e. The fourth-order valence-corrected chi connectivity index (χ4v) is 2.91. The number of alkyl halides is 6. The number of hydrogen-bond donors (Lipinski definition) is 1. The molecule has 0 bridgehead atoms. The van der Waals surface area contributed by atoms with Gasteiger partial charge in [0, 0.05) is 23.9 Å². The number of amides is 1. The van der Waals surface area contributed by atoms with Crippen molar-refractivity contribution in [1.82, 2.24) is 5.01 Å². The normalized spacial score (nSPS) is 14.9. The Labute approximate surface area is 208 Å². The van der Waals surface area contributed by atoms with E-state index in [1.165, 1.54) is 6.92 Å². The SMILES string of the molecule is C=CN(C=C(C(N)=O)C(=CC=C(C)F)C(=C)F)N=C(c1cc(C(F)(F)F)cc(C(F)(F)F)c1)C(C)CC. The number of carbonyl (C=O) groups is 1. The Morgan fingerprint density at radius 1 is 1.05 bits per heavy atom. The minimum atomic E-state index is -5.09. The van der Waals surface area contributed by atoms with Crippen LogP contribution in [-0.2, 0) is 17.1 Å². The van der Waals surface area contributed by atoms with Crippen LogP contribution in [0.3, 0.4) is 0 Å². The van der Waals surface area contributed by atoms with E-state index in [2.05, 4.69) is 18.3 Å². The summed E-state index contributed by atoms with van der Waals surface area (Å²) >= 11 is 0. The van der Waals surface area contributed by atoms with E-state index in [1.807, 2.05) is 0 Å². The number of nitrogens with zero attached hydrogens (tertiary/aromatic N) is 2. The highest BCUT2D eigenvalue weighted by molar-refractivity contribution is 6.02. The summed E-state index contributed by atoms with van der Waals surface area (Å²) in [5, 5.41) is 4.86. The van der Waals surface area contributed by atoms with E-state index in [0.29, 0.717) is 12.1 Å². The Morgan fingerprint density at radius 2 is 1.57 bits per heavy atom. The molecule has 1 unspecified atom stereocenters. The van der Waals surface area contributed by atoms with Gasteiger partial charge in [-0.05, 0) is 49.3 Å². The van der Waals surface area contributed by atoms with Gasteiger partial charge in [-0.2, -0.15) is 31.4 Å². The molecule has 0 aliphatic carbocycles. The average Bonchev–Trinajstić information content (AvgIpc) is 2.78. The van der Waals surface area contributed by atoms with Crippen LogP contribution in [0.5, 0.6) is 0 Å². The van der Waals surface area contributed by atoms with E-state index in [4.69, 9.17) is 5.73 Å². The number of hydrazone groups is 1. The van der Waals surface area contributed by atoms with Gasteiger partial charge in [0.05, 0.1) is 28.2 Å². The summed E-state index contributed by atoms with van der Waals surface area (Å²) < 4.78 is 108. The molecule has 2 N–H and O–H groups in total. The van der Waals surface area contributed by atoms with Crippen molar-refractivity contribution in [3.8, 4) is 0 Å². The van der Waals surface area contributed by atoms with Crippen LogP contribution in [0.15, 0.2) is 83.8 Å². The van der Waals surface area contributed by atoms with Crippen molar-refractivity contribution in [2.45, 2.75) is 39.5 Å². The number of hydrogen-bond acceptors (Lipinski definition) is 3. The van der Waals surface area contributed by atoms with E-state index in [1.54, 1.807) is 6.92 Å². The van der Waals surface area contributed by atoms with E-state index in [0.717, 1.165) is 36.5 Å². The van der Waals surface area contributed by atoms with Gasteiger partial charge < -0.3 is 5.73 Å². The third kappa shape index (κ3) is 9.03. The number of rotatable bonds is 10. The summed E-state index contributed by atoms with van der Waals surface area (Å²) in [5.74, 6) is -3.81. The maximum Gasteiger partial charge on any atom is 0.416 e. The average molecular weight is 535 g/mol. The Morgan fingerprint density at radius 3 is 1.92 bits per heavy atom. The lowest BCUT2D eigenvalue weighted by Gasteiger charge is -2.21. The number of carbonyl (C=O) groups excluding carboxylic acids is 1. The predicted octanol–water partition coefficient (Wildman–Crippen LogP) is 7.57. The molecule has 0 saturated carbocycles. The first-order valence-electron chi connectivity index (χ1n) is 10.6. The Bertz CT molecular complexity index is 1120. The number of primary amides is 1. The molecule has 1 rings (SSSR count). The summed E-state index contributed by atoms with van der Waals surface area (Å²) in [6, 6.07) is 1.02. The lowest BCUT2D eigenvalue weighted by molar-refractivity contribution is -0.143. The molecule has 0 aliphatic heterocycles. The molecule has 1 aromatic rings. The zero-order valence-corrected chi connectivity index (χ0v) is 20.1. The lowest BCUT2D eigenvalue weighted by atomic mass is 9.93. The smallest absolute Gasteiger partial charge is 0.366 e. The highest BCUT2D eigenvalue weighted by atomic mass is 19.4. The van der Waals surface area contributed by atoms with Gasteiger partial charge in [-0.15, -0.1) is 0 Å². The molecule has 202 valence electrons. The molecule has 0 saturated heterocycles. The maximum absolute atomic E-state index is 14.0. The molecule has 12 heteroatoms. The Hall–Kier alpha value is -3.70. The van der Waals surface area contributed by atoms with Gasteiger partial charge in [-0.3, -0.25) is 4.79 Å². The quantitative estimate of drug-likeness (QED) is 0.110. The first-order valence-corrected chi connectivity index (χ1v) is 10.6. The van der Waals surface area contributed by atoms with E-state index in [-0.39, 0.29) is 18.2 Å². The number of benzene rings is 1. The van der Waals surface area contributed by atoms with Gasteiger partial charge in [0.1, 0.15) is 5.83 Å². The molecule has 0 heterocycles.